The summed E-state index contributed by atoms with van der Waals surface area (Å²) in [7, 11) is 1.40. The molecule has 2 aromatic rings. The number of hydrazone groups is 1. The minimum atomic E-state index is -1.12. The van der Waals surface area contributed by atoms with E-state index in [0.717, 1.165) is 6.07 Å². The van der Waals surface area contributed by atoms with E-state index in [2.05, 4.69) is 10.5 Å². The first-order valence-electron chi connectivity index (χ1n) is 7.51. The molecule has 0 spiro atoms. The Balaban J connectivity index is 2.05. The third kappa shape index (κ3) is 5.53. The van der Waals surface area contributed by atoms with Crippen molar-refractivity contribution < 1.29 is 29.1 Å². The van der Waals surface area contributed by atoms with Crippen LogP contribution in [0.3, 0.4) is 0 Å². The van der Waals surface area contributed by atoms with Gasteiger partial charge in [0.2, 0.25) is 0 Å². The number of nitrogens with one attached hydrogen (secondary N) is 1. The van der Waals surface area contributed by atoms with E-state index in [4.69, 9.17) is 14.6 Å². The maximum Gasteiger partial charge on any atom is 0.341 e. The highest BCUT2D eigenvalue weighted by molar-refractivity contribution is 5.95. The largest absolute Gasteiger partial charge is 0.493 e. The Kier molecular flexibility index (Phi) is 6.42. The number of nitro benzene ring substituents is 1. The molecule has 0 heterocycles. The first-order chi connectivity index (χ1) is 12.9. The summed E-state index contributed by atoms with van der Waals surface area (Å²) in [6.07, 6.45) is 1.33. The third-order valence-electron chi connectivity index (χ3n) is 3.24. The van der Waals surface area contributed by atoms with Crippen LogP contribution in [0.2, 0.25) is 0 Å². The Morgan fingerprint density at radius 1 is 1.26 bits per heavy atom. The second-order valence-electron chi connectivity index (χ2n) is 5.10. The van der Waals surface area contributed by atoms with Crippen molar-refractivity contribution in [2.45, 2.75) is 0 Å². The summed E-state index contributed by atoms with van der Waals surface area (Å²) in [5.41, 5.74) is 2.71. The number of hydrogen-bond donors (Lipinski definition) is 2. The molecule has 0 aliphatic heterocycles. The average Bonchev–Trinajstić information content (AvgIpc) is 2.66. The molecule has 140 valence electrons. The van der Waals surface area contributed by atoms with Gasteiger partial charge >= 0.3 is 5.97 Å². The van der Waals surface area contributed by atoms with Gasteiger partial charge in [-0.3, -0.25) is 14.9 Å². The predicted molar refractivity (Wildman–Crippen MR) is 94.3 cm³/mol. The minimum absolute atomic E-state index is 0.0938. The van der Waals surface area contributed by atoms with E-state index < -0.39 is 23.4 Å². The lowest BCUT2D eigenvalue weighted by Crippen LogP contribution is -2.17. The Bertz CT molecular complexity index is 896. The van der Waals surface area contributed by atoms with Crippen LogP contribution in [0.5, 0.6) is 11.5 Å². The molecule has 10 heteroatoms. The van der Waals surface area contributed by atoms with Crippen LogP contribution >= 0.6 is 0 Å². The molecule has 1 amide bonds. The average molecular weight is 373 g/mol. The molecule has 0 fully saturated rings. The molecule has 0 unspecified atom stereocenters. The SMILES string of the molecule is COc1cc(C=NNC(=O)c2cccc([N+](=O)[O-])c2)ccc1OCC(=O)O. The van der Waals surface area contributed by atoms with Crippen molar-refractivity contribution in [3.63, 3.8) is 0 Å². The second-order valence-corrected chi connectivity index (χ2v) is 5.10. The molecular weight excluding hydrogens is 358 g/mol. The lowest BCUT2D eigenvalue weighted by atomic mass is 10.2. The van der Waals surface area contributed by atoms with Gasteiger partial charge in [-0.25, -0.2) is 10.2 Å². The van der Waals surface area contributed by atoms with E-state index in [0.29, 0.717) is 11.3 Å². The molecular formula is C17H15N3O7. The van der Waals surface area contributed by atoms with Crippen molar-refractivity contribution in [3.8, 4) is 11.5 Å². The van der Waals surface area contributed by atoms with Crippen LogP contribution in [-0.4, -0.2) is 41.8 Å². The number of nitrogens with zero attached hydrogens (tertiary/aromatic N) is 2. The number of carbonyl (C=O) groups is 2. The number of hydrogen-bond acceptors (Lipinski definition) is 7. The van der Waals surface area contributed by atoms with Gasteiger partial charge in [0.05, 0.1) is 18.2 Å². The zero-order valence-corrected chi connectivity index (χ0v) is 14.1. The molecule has 0 saturated carbocycles. The van der Waals surface area contributed by atoms with Crippen LogP contribution in [0.4, 0.5) is 5.69 Å². The Morgan fingerprint density at radius 2 is 2.04 bits per heavy atom. The van der Waals surface area contributed by atoms with Gasteiger partial charge in [-0.2, -0.15) is 5.10 Å². The molecule has 2 N–H and O–H groups in total. The van der Waals surface area contributed by atoms with Gasteiger partial charge in [-0.1, -0.05) is 6.07 Å². The highest BCUT2D eigenvalue weighted by atomic mass is 16.6. The molecule has 0 radical (unpaired) electrons. The number of ether oxygens (including phenoxy) is 2. The van der Waals surface area contributed by atoms with Crippen LogP contribution in [0.15, 0.2) is 47.6 Å². The van der Waals surface area contributed by atoms with E-state index in [1.54, 1.807) is 12.1 Å². The number of carboxylic acid groups (broad SMARTS) is 1. The minimum Gasteiger partial charge on any atom is -0.493 e. The summed E-state index contributed by atoms with van der Waals surface area (Å²) in [4.78, 5) is 32.7. The number of carbonyl (C=O) groups excluding carboxylic acids is 1. The maximum atomic E-state index is 12.0. The molecule has 27 heavy (non-hydrogen) atoms. The van der Waals surface area contributed by atoms with E-state index in [1.165, 1.54) is 37.6 Å². The highest BCUT2D eigenvalue weighted by Crippen LogP contribution is 2.27. The van der Waals surface area contributed by atoms with Gasteiger partial charge < -0.3 is 14.6 Å². The van der Waals surface area contributed by atoms with Gasteiger partial charge in [0.15, 0.2) is 18.1 Å². The van der Waals surface area contributed by atoms with Gasteiger partial charge in [-0.05, 0) is 29.8 Å². The van der Waals surface area contributed by atoms with Crippen LogP contribution < -0.4 is 14.9 Å². The fourth-order valence-electron chi connectivity index (χ4n) is 2.01. The number of carboxylic acids is 1. The van der Waals surface area contributed by atoms with Gasteiger partial charge in [-0.15, -0.1) is 0 Å². The van der Waals surface area contributed by atoms with Crippen molar-refractivity contribution in [3.05, 3.63) is 63.7 Å². The van der Waals surface area contributed by atoms with Crippen LogP contribution in [0.25, 0.3) is 0 Å². The summed E-state index contributed by atoms with van der Waals surface area (Å²) in [5, 5.41) is 23.2. The Hall–Kier alpha value is -3.95. The molecule has 0 atom stereocenters. The van der Waals surface area contributed by atoms with Crippen molar-refractivity contribution in [2.75, 3.05) is 13.7 Å². The van der Waals surface area contributed by atoms with E-state index in [9.17, 15) is 19.7 Å². The fourth-order valence-corrected chi connectivity index (χ4v) is 2.01. The zero-order chi connectivity index (χ0) is 19.8. The van der Waals surface area contributed by atoms with Crippen molar-refractivity contribution in [1.82, 2.24) is 5.43 Å². The zero-order valence-electron chi connectivity index (χ0n) is 14.1. The van der Waals surface area contributed by atoms with Gasteiger partial charge in [0.25, 0.3) is 11.6 Å². The molecule has 0 aliphatic rings. The van der Waals surface area contributed by atoms with Crippen LogP contribution in [0, 0.1) is 10.1 Å². The van der Waals surface area contributed by atoms with Gasteiger partial charge in [0.1, 0.15) is 0 Å². The molecule has 10 nitrogen and oxygen atoms in total. The summed E-state index contributed by atoms with van der Waals surface area (Å²) in [6, 6.07) is 9.88. The summed E-state index contributed by atoms with van der Waals surface area (Å²) >= 11 is 0. The number of benzene rings is 2. The molecule has 0 bridgehead atoms. The molecule has 2 rings (SSSR count). The lowest BCUT2D eigenvalue weighted by Gasteiger charge is -2.09. The smallest absolute Gasteiger partial charge is 0.341 e. The number of non-ortho nitro benzene ring substituents is 1. The Morgan fingerprint density at radius 3 is 2.70 bits per heavy atom. The lowest BCUT2D eigenvalue weighted by molar-refractivity contribution is -0.384. The number of methoxy groups -OCH3 is 1. The number of amides is 1. The van der Waals surface area contributed by atoms with Crippen molar-refractivity contribution >= 4 is 23.8 Å². The summed E-state index contributed by atoms with van der Waals surface area (Å²) in [5.74, 6) is -1.18. The van der Waals surface area contributed by atoms with E-state index in [-0.39, 0.29) is 17.0 Å². The monoisotopic (exact) mass is 373 g/mol. The topological polar surface area (TPSA) is 140 Å². The number of nitro groups is 1. The molecule has 0 aliphatic carbocycles. The summed E-state index contributed by atoms with van der Waals surface area (Å²) < 4.78 is 10.2. The third-order valence-corrected chi connectivity index (χ3v) is 3.24. The second kappa shape index (κ2) is 8.94. The maximum absolute atomic E-state index is 12.0. The van der Waals surface area contributed by atoms with Crippen LogP contribution in [0.1, 0.15) is 15.9 Å². The van der Waals surface area contributed by atoms with Crippen molar-refractivity contribution in [1.29, 1.82) is 0 Å². The first-order valence-corrected chi connectivity index (χ1v) is 7.51. The van der Waals surface area contributed by atoms with E-state index in [1.807, 2.05) is 0 Å². The standard InChI is InChI=1S/C17H15N3O7/c1-26-15-7-11(5-6-14(15)27-10-16(21)22)9-18-19-17(23)12-3-2-4-13(8-12)20(24)25/h2-9H,10H2,1H3,(H,19,23)(H,21,22). The molecule has 2 aromatic carbocycles. The van der Waals surface area contributed by atoms with Gasteiger partial charge in [0, 0.05) is 17.7 Å². The van der Waals surface area contributed by atoms with E-state index >= 15 is 0 Å². The Labute approximate surface area is 153 Å². The highest BCUT2D eigenvalue weighted by Gasteiger charge is 2.11. The fraction of sp³-hybridized carbons (Fsp3) is 0.118. The first kappa shape index (κ1) is 19.4. The predicted octanol–water partition coefficient (Wildman–Crippen LogP) is 1.83. The number of aliphatic carboxylic acids is 1. The quantitative estimate of drug-likeness (QED) is 0.408. The van der Waals surface area contributed by atoms with Crippen molar-refractivity contribution in [2.24, 2.45) is 5.10 Å². The normalized spacial score (nSPS) is 10.4. The van der Waals surface area contributed by atoms with Crippen LogP contribution in [-0.2, 0) is 4.79 Å². The summed E-state index contributed by atoms with van der Waals surface area (Å²) in [6.45, 7) is -0.511. The molecule has 0 aromatic heterocycles. The molecule has 0 saturated heterocycles. The number of rotatable bonds is 8.